The second-order valence-corrected chi connectivity index (χ2v) is 5.83. The molecule has 0 aliphatic carbocycles. The Morgan fingerprint density at radius 3 is 2.80 bits per heavy atom. The Morgan fingerprint density at radius 1 is 1.27 bits per heavy atom. The van der Waals surface area contributed by atoms with Gasteiger partial charge in [-0.05, 0) is 31.2 Å². The van der Waals surface area contributed by atoms with Gasteiger partial charge in [-0.25, -0.2) is 24.8 Å². The number of carbonyl (C=O) groups is 1. The van der Waals surface area contributed by atoms with Crippen molar-refractivity contribution >= 4 is 12.1 Å². The van der Waals surface area contributed by atoms with Crippen LogP contribution in [0.2, 0.25) is 0 Å². The van der Waals surface area contributed by atoms with E-state index >= 15 is 0 Å². The monoisotopic (exact) mass is 411 g/mol. The molecule has 3 rings (SSSR count). The van der Waals surface area contributed by atoms with E-state index in [1.807, 2.05) is 6.92 Å². The van der Waals surface area contributed by atoms with Gasteiger partial charge in [-0.15, -0.1) is 0 Å². The van der Waals surface area contributed by atoms with Gasteiger partial charge in [0.1, 0.15) is 23.0 Å². The van der Waals surface area contributed by atoms with Crippen LogP contribution in [-0.4, -0.2) is 45.9 Å². The molecule has 0 atom stereocenters. The molecule has 0 bridgehead atoms. The molecule has 2 N–H and O–H groups in total. The van der Waals surface area contributed by atoms with Gasteiger partial charge in [0.05, 0.1) is 26.1 Å². The maximum atomic E-state index is 13.8. The number of carbonyl (C=O) groups excluding carboxylic acids is 1. The van der Waals surface area contributed by atoms with Crippen LogP contribution in [-0.2, 0) is 0 Å². The SMILES string of the molecule is CCOc1ccc(-c2nc(C(=O)N/N=C/c3cc(OC)ccc3F)cnc2O)cn1. The number of aromatic nitrogens is 3. The van der Waals surface area contributed by atoms with Crippen molar-refractivity contribution in [3.8, 4) is 28.8 Å². The molecule has 2 aromatic heterocycles. The molecule has 0 saturated carbocycles. The van der Waals surface area contributed by atoms with Crippen molar-refractivity contribution in [1.82, 2.24) is 20.4 Å². The van der Waals surface area contributed by atoms with Crippen LogP contribution >= 0.6 is 0 Å². The third-order valence-corrected chi connectivity index (χ3v) is 3.86. The number of amides is 1. The number of nitrogens with zero attached hydrogens (tertiary/aromatic N) is 4. The van der Waals surface area contributed by atoms with Gasteiger partial charge in [0, 0.05) is 23.4 Å². The molecule has 0 radical (unpaired) electrons. The molecular formula is C20H18FN5O4. The molecule has 2 heterocycles. The summed E-state index contributed by atoms with van der Waals surface area (Å²) in [6.45, 7) is 2.30. The van der Waals surface area contributed by atoms with E-state index in [-0.39, 0.29) is 22.8 Å². The van der Waals surface area contributed by atoms with E-state index in [2.05, 4.69) is 25.5 Å². The highest BCUT2D eigenvalue weighted by Gasteiger charge is 2.14. The molecule has 1 amide bonds. The lowest BCUT2D eigenvalue weighted by Gasteiger charge is -2.06. The lowest BCUT2D eigenvalue weighted by atomic mass is 10.2. The number of hydrogen-bond acceptors (Lipinski definition) is 8. The zero-order chi connectivity index (χ0) is 21.5. The first-order valence-corrected chi connectivity index (χ1v) is 8.84. The predicted molar refractivity (Wildman–Crippen MR) is 106 cm³/mol. The van der Waals surface area contributed by atoms with Crippen LogP contribution in [0.1, 0.15) is 23.0 Å². The minimum absolute atomic E-state index is 0.0704. The Labute approximate surface area is 171 Å². The molecule has 0 spiro atoms. The number of hydrogen-bond donors (Lipinski definition) is 2. The molecule has 154 valence electrons. The van der Waals surface area contributed by atoms with Gasteiger partial charge in [0.2, 0.25) is 11.8 Å². The average molecular weight is 411 g/mol. The van der Waals surface area contributed by atoms with E-state index in [1.165, 1.54) is 31.5 Å². The number of aromatic hydroxyl groups is 1. The van der Waals surface area contributed by atoms with Crippen molar-refractivity contribution in [1.29, 1.82) is 0 Å². The lowest BCUT2D eigenvalue weighted by molar-refractivity contribution is 0.0949. The molecule has 9 nitrogen and oxygen atoms in total. The fraction of sp³-hybridized carbons (Fsp3) is 0.150. The standard InChI is InChI=1S/C20H18FN5O4/c1-3-30-17-7-4-12(9-22-17)18-20(28)23-11-16(25-18)19(27)26-24-10-13-8-14(29-2)5-6-15(13)21/h4-11H,3H2,1-2H3,(H,23,28)(H,26,27)/b24-10+. The van der Waals surface area contributed by atoms with Crippen molar-refractivity contribution < 1.29 is 23.8 Å². The smallest absolute Gasteiger partial charge is 0.291 e. The molecule has 0 fully saturated rings. The number of nitrogens with one attached hydrogen (secondary N) is 1. The second-order valence-electron chi connectivity index (χ2n) is 5.83. The van der Waals surface area contributed by atoms with E-state index in [0.29, 0.717) is 23.8 Å². The molecular weight excluding hydrogens is 393 g/mol. The average Bonchev–Trinajstić information content (AvgIpc) is 2.76. The molecule has 0 saturated heterocycles. The van der Waals surface area contributed by atoms with Crippen LogP contribution in [0.5, 0.6) is 17.5 Å². The van der Waals surface area contributed by atoms with Crippen molar-refractivity contribution in [2.24, 2.45) is 5.10 Å². The molecule has 0 aliphatic heterocycles. The number of ether oxygens (including phenoxy) is 2. The fourth-order valence-electron chi connectivity index (χ4n) is 2.40. The van der Waals surface area contributed by atoms with E-state index in [1.54, 1.807) is 12.1 Å². The summed E-state index contributed by atoms with van der Waals surface area (Å²) in [4.78, 5) is 24.3. The summed E-state index contributed by atoms with van der Waals surface area (Å²) in [5.41, 5.74) is 2.79. The highest BCUT2D eigenvalue weighted by atomic mass is 19.1. The summed E-state index contributed by atoms with van der Waals surface area (Å²) < 4.78 is 24.1. The summed E-state index contributed by atoms with van der Waals surface area (Å²) >= 11 is 0. The highest BCUT2D eigenvalue weighted by molar-refractivity contribution is 5.93. The summed E-state index contributed by atoms with van der Waals surface area (Å²) in [5, 5.41) is 13.7. The normalized spacial score (nSPS) is 10.8. The van der Waals surface area contributed by atoms with Crippen LogP contribution in [0, 0.1) is 5.82 Å². The molecule has 3 aromatic rings. The first kappa shape index (κ1) is 20.6. The second kappa shape index (κ2) is 9.41. The molecule has 1 aromatic carbocycles. The number of rotatable bonds is 7. The minimum Gasteiger partial charge on any atom is -0.497 e. The lowest BCUT2D eigenvalue weighted by Crippen LogP contribution is -2.19. The topological polar surface area (TPSA) is 119 Å². The Morgan fingerprint density at radius 2 is 2.10 bits per heavy atom. The van der Waals surface area contributed by atoms with Crippen LogP contribution in [0.25, 0.3) is 11.3 Å². The summed E-state index contributed by atoms with van der Waals surface area (Å²) in [6.07, 6.45) is 3.68. The first-order chi connectivity index (χ1) is 14.5. The number of halogens is 1. The van der Waals surface area contributed by atoms with E-state index in [0.717, 1.165) is 12.4 Å². The van der Waals surface area contributed by atoms with E-state index in [4.69, 9.17) is 9.47 Å². The largest absolute Gasteiger partial charge is 0.497 e. The number of benzene rings is 1. The molecule has 0 aliphatic rings. The van der Waals surface area contributed by atoms with E-state index in [9.17, 15) is 14.3 Å². The zero-order valence-electron chi connectivity index (χ0n) is 16.2. The Balaban J connectivity index is 1.76. The quantitative estimate of drug-likeness (QED) is 0.453. The van der Waals surface area contributed by atoms with Crippen LogP contribution < -0.4 is 14.9 Å². The van der Waals surface area contributed by atoms with Crippen molar-refractivity contribution in [2.75, 3.05) is 13.7 Å². The fourth-order valence-corrected chi connectivity index (χ4v) is 2.40. The van der Waals surface area contributed by atoms with Crippen molar-refractivity contribution in [3.63, 3.8) is 0 Å². The maximum absolute atomic E-state index is 13.8. The van der Waals surface area contributed by atoms with Crippen LogP contribution in [0.15, 0.2) is 47.8 Å². The van der Waals surface area contributed by atoms with E-state index < -0.39 is 11.7 Å². The molecule has 30 heavy (non-hydrogen) atoms. The van der Waals surface area contributed by atoms with Gasteiger partial charge in [0.25, 0.3) is 5.91 Å². The summed E-state index contributed by atoms with van der Waals surface area (Å²) in [6, 6.07) is 7.37. The van der Waals surface area contributed by atoms with Gasteiger partial charge < -0.3 is 14.6 Å². The van der Waals surface area contributed by atoms with Gasteiger partial charge in [-0.2, -0.15) is 5.10 Å². The predicted octanol–water partition coefficient (Wildman–Crippen LogP) is 2.55. The molecule has 10 heteroatoms. The Hall–Kier alpha value is -4.08. The number of hydrazone groups is 1. The third-order valence-electron chi connectivity index (χ3n) is 3.86. The Kier molecular flexibility index (Phi) is 6.48. The van der Waals surface area contributed by atoms with Crippen LogP contribution in [0.4, 0.5) is 4.39 Å². The van der Waals surface area contributed by atoms with Gasteiger partial charge in [-0.1, -0.05) is 0 Å². The third kappa shape index (κ3) is 4.85. The highest BCUT2D eigenvalue weighted by Crippen LogP contribution is 2.25. The summed E-state index contributed by atoms with van der Waals surface area (Å²) in [7, 11) is 1.46. The van der Waals surface area contributed by atoms with Crippen molar-refractivity contribution in [2.45, 2.75) is 6.92 Å². The number of pyridine rings is 1. The van der Waals surface area contributed by atoms with Gasteiger partial charge >= 0.3 is 0 Å². The summed E-state index contributed by atoms with van der Waals surface area (Å²) in [5.74, 6) is -0.714. The minimum atomic E-state index is -0.692. The van der Waals surface area contributed by atoms with Gasteiger partial charge in [0.15, 0.2) is 0 Å². The molecule has 0 unspecified atom stereocenters. The first-order valence-electron chi connectivity index (χ1n) is 8.84. The van der Waals surface area contributed by atoms with Crippen LogP contribution in [0.3, 0.4) is 0 Å². The van der Waals surface area contributed by atoms with Crippen molar-refractivity contribution in [3.05, 3.63) is 59.8 Å². The maximum Gasteiger partial charge on any atom is 0.291 e. The Bertz CT molecular complexity index is 1070. The van der Waals surface area contributed by atoms with Gasteiger partial charge in [-0.3, -0.25) is 4.79 Å². The zero-order valence-corrected chi connectivity index (χ0v) is 16.2. The number of methoxy groups -OCH3 is 1.